The molecule has 0 radical (unpaired) electrons. The number of hydrogen-bond acceptors (Lipinski definition) is 10. The first kappa shape index (κ1) is 23.1. The van der Waals surface area contributed by atoms with Crippen LogP contribution in [0, 0.1) is 0 Å². The van der Waals surface area contributed by atoms with Crippen molar-refractivity contribution in [3.05, 3.63) is 77.4 Å². The predicted octanol–water partition coefficient (Wildman–Crippen LogP) is 4.70. The summed E-state index contributed by atoms with van der Waals surface area (Å²) in [4.78, 5) is 21.3. The number of fused-ring (bicyclic) bond motifs is 1. The van der Waals surface area contributed by atoms with E-state index in [1.165, 1.54) is 0 Å². The van der Waals surface area contributed by atoms with Crippen LogP contribution >= 0.6 is 0 Å². The molecule has 0 saturated heterocycles. The number of carbonyl (C=O) groups is 1. The van der Waals surface area contributed by atoms with Crippen molar-refractivity contribution >= 4 is 23.3 Å². The fourth-order valence-corrected chi connectivity index (χ4v) is 4.38. The van der Waals surface area contributed by atoms with E-state index in [9.17, 15) is 9.90 Å². The third-order valence-electron chi connectivity index (χ3n) is 6.51. The van der Waals surface area contributed by atoms with Crippen LogP contribution in [0.4, 0.5) is 17.3 Å². The molecule has 6 rings (SSSR count). The number of hydrogen-bond donors (Lipinski definition) is 3. The number of cyclic esters (lactones) is 1. The lowest BCUT2D eigenvalue weighted by Gasteiger charge is -2.20. The molecule has 1 atom stereocenters. The van der Waals surface area contributed by atoms with Crippen LogP contribution in [0.5, 0.6) is 0 Å². The molecule has 1 unspecified atom stereocenters. The summed E-state index contributed by atoms with van der Waals surface area (Å²) in [6, 6.07) is 14.5. The Morgan fingerprint density at radius 2 is 1.89 bits per heavy atom. The van der Waals surface area contributed by atoms with Crippen molar-refractivity contribution in [1.29, 1.82) is 0 Å². The molecule has 1 fully saturated rings. The number of benzene rings is 1. The van der Waals surface area contributed by atoms with Crippen LogP contribution in [-0.2, 0) is 10.3 Å². The molecule has 188 valence electrons. The van der Waals surface area contributed by atoms with Crippen molar-refractivity contribution in [1.82, 2.24) is 20.2 Å². The highest BCUT2D eigenvalue weighted by Gasteiger charge is 2.39. The molecule has 37 heavy (non-hydrogen) atoms. The van der Waals surface area contributed by atoms with E-state index >= 15 is 0 Å². The monoisotopic (exact) mass is 498 g/mol. The van der Waals surface area contributed by atoms with Gasteiger partial charge in [0.1, 0.15) is 22.9 Å². The topological polar surface area (TPSA) is 135 Å². The Morgan fingerprint density at radius 1 is 1.08 bits per heavy atom. The standard InChI is InChI=1S/C27H26N6O4/c1-27(2)23-17(26(35)37-27)10-11-21(31-23)30-22-12-19(29-20(14-34)15-6-4-3-5-7-15)18(13-28-22)25-33-32-24(36-25)16-8-9-16/h3-7,10-13,16,20,34H,8-9,14H2,1-2H3,(H2,28,29,30,31). The summed E-state index contributed by atoms with van der Waals surface area (Å²) in [5.41, 5.74) is 2.43. The number of aliphatic hydroxyl groups is 1. The number of nitrogens with one attached hydrogen (secondary N) is 2. The molecule has 0 spiro atoms. The summed E-state index contributed by atoms with van der Waals surface area (Å²) in [5.74, 6) is 1.97. The second-order valence-corrected chi connectivity index (χ2v) is 9.74. The molecule has 1 saturated carbocycles. The fourth-order valence-electron chi connectivity index (χ4n) is 4.38. The van der Waals surface area contributed by atoms with E-state index in [1.54, 1.807) is 18.3 Å². The number of rotatable bonds is 8. The highest BCUT2D eigenvalue weighted by Crippen LogP contribution is 2.41. The maximum Gasteiger partial charge on any atom is 0.341 e. The molecule has 4 heterocycles. The second-order valence-electron chi connectivity index (χ2n) is 9.74. The number of esters is 1. The third kappa shape index (κ3) is 4.51. The van der Waals surface area contributed by atoms with E-state index in [1.807, 2.05) is 50.2 Å². The van der Waals surface area contributed by atoms with Gasteiger partial charge in [-0.1, -0.05) is 30.3 Å². The quantitative estimate of drug-likeness (QED) is 0.293. The summed E-state index contributed by atoms with van der Waals surface area (Å²) in [6.07, 6.45) is 3.75. The minimum atomic E-state index is -0.810. The zero-order valence-electron chi connectivity index (χ0n) is 20.4. The summed E-state index contributed by atoms with van der Waals surface area (Å²) in [6.45, 7) is 3.49. The maximum atomic E-state index is 12.1. The molecule has 10 heteroatoms. The average Bonchev–Trinajstić information content (AvgIpc) is 3.58. The normalized spacial score (nSPS) is 16.7. The second kappa shape index (κ2) is 8.97. The highest BCUT2D eigenvalue weighted by atomic mass is 16.6. The van der Waals surface area contributed by atoms with Gasteiger partial charge in [0.05, 0.1) is 29.5 Å². The predicted molar refractivity (Wildman–Crippen MR) is 135 cm³/mol. The van der Waals surface area contributed by atoms with Gasteiger partial charge in [-0.25, -0.2) is 14.8 Å². The largest absolute Gasteiger partial charge is 0.449 e. The molecule has 10 nitrogen and oxygen atoms in total. The zero-order valence-corrected chi connectivity index (χ0v) is 20.4. The molecular weight excluding hydrogens is 472 g/mol. The van der Waals surface area contributed by atoms with E-state index < -0.39 is 5.60 Å². The molecule has 3 N–H and O–H groups in total. The van der Waals surface area contributed by atoms with Crippen molar-refractivity contribution < 1.29 is 19.1 Å². The third-order valence-corrected chi connectivity index (χ3v) is 6.51. The number of anilines is 3. The minimum absolute atomic E-state index is 0.124. The summed E-state index contributed by atoms with van der Waals surface area (Å²) in [5, 5.41) is 25.2. The molecule has 1 aliphatic heterocycles. The van der Waals surface area contributed by atoms with E-state index in [2.05, 4.69) is 30.8 Å². The van der Waals surface area contributed by atoms with Crippen molar-refractivity contribution in [3.8, 4) is 11.5 Å². The number of aromatic nitrogens is 4. The smallest absolute Gasteiger partial charge is 0.341 e. The van der Waals surface area contributed by atoms with Gasteiger partial charge in [0.2, 0.25) is 5.89 Å². The lowest BCUT2D eigenvalue weighted by molar-refractivity contribution is 0.00834. The van der Waals surface area contributed by atoms with Gasteiger partial charge in [-0.3, -0.25) is 0 Å². The van der Waals surface area contributed by atoms with Gasteiger partial charge in [0, 0.05) is 18.2 Å². The van der Waals surface area contributed by atoms with Crippen molar-refractivity contribution in [2.75, 3.05) is 17.2 Å². The Kier molecular flexibility index (Phi) is 5.60. The summed E-state index contributed by atoms with van der Waals surface area (Å²) in [7, 11) is 0. The van der Waals surface area contributed by atoms with E-state index in [0.29, 0.717) is 51.8 Å². The molecule has 0 amide bonds. The van der Waals surface area contributed by atoms with E-state index in [-0.39, 0.29) is 18.6 Å². The lowest BCUT2D eigenvalue weighted by Crippen LogP contribution is -2.18. The first-order chi connectivity index (χ1) is 17.9. The van der Waals surface area contributed by atoms with Crippen molar-refractivity contribution in [2.45, 2.75) is 44.2 Å². The molecule has 4 aromatic rings. The fraction of sp³-hybridized carbons (Fsp3) is 0.296. The van der Waals surface area contributed by atoms with Crippen LogP contribution in [0.1, 0.15) is 66.2 Å². The Labute approximate surface area is 213 Å². The number of nitrogens with zero attached hydrogens (tertiary/aromatic N) is 4. The van der Waals surface area contributed by atoms with Crippen LogP contribution in [0.3, 0.4) is 0 Å². The lowest BCUT2D eigenvalue weighted by atomic mass is 10.0. The Balaban J connectivity index is 1.35. The molecule has 0 bridgehead atoms. The first-order valence-electron chi connectivity index (χ1n) is 12.2. The number of pyridine rings is 2. The SMILES string of the molecule is CC1(C)OC(=O)c2ccc(Nc3cc(NC(CO)c4ccccc4)c(-c4nnc(C5CC5)o4)cn3)nc21. The molecule has 1 aliphatic carbocycles. The number of ether oxygens (including phenoxy) is 1. The molecule has 3 aromatic heterocycles. The van der Waals surface area contributed by atoms with Gasteiger partial charge in [0.25, 0.3) is 5.89 Å². The summed E-state index contributed by atoms with van der Waals surface area (Å²) >= 11 is 0. The van der Waals surface area contributed by atoms with Crippen LogP contribution in [0.25, 0.3) is 11.5 Å². The number of aliphatic hydroxyl groups excluding tert-OH is 1. The average molecular weight is 499 g/mol. The van der Waals surface area contributed by atoms with E-state index in [4.69, 9.17) is 9.15 Å². The summed E-state index contributed by atoms with van der Waals surface area (Å²) < 4.78 is 11.4. The van der Waals surface area contributed by atoms with Crippen molar-refractivity contribution in [3.63, 3.8) is 0 Å². The Bertz CT molecular complexity index is 1470. The maximum absolute atomic E-state index is 12.1. The minimum Gasteiger partial charge on any atom is -0.449 e. The van der Waals surface area contributed by atoms with Crippen LogP contribution in [-0.4, -0.2) is 37.8 Å². The highest BCUT2D eigenvalue weighted by molar-refractivity contribution is 5.94. The van der Waals surface area contributed by atoms with Crippen molar-refractivity contribution in [2.24, 2.45) is 0 Å². The molecular formula is C27H26N6O4. The van der Waals surface area contributed by atoms with Gasteiger partial charge >= 0.3 is 5.97 Å². The van der Waals surface area contributed by atoms with Crippen LogP contribution < -0.4 is 10.6 Å². The van der Waals surface area contributed by atoms with Gasteiger partial charge < -0.3 is 24.9 Å². The Hall–Kier alpha value is -4.31. The van der Waals surface area contributed by atoms with Gasteiger partial charge in [-0.15, -0.1) is 10.2 Å². The van der Waals surface area contributed by atoms with Crippen LogP contribution in [0.2, 0.25) is 0 Å². The van der Waals surface area contributed by atoms with Gasteiger partial charge in [-0.2, -0.15) is 0 Å². The van der Waals surface area contributed by atoms with E-state index in [0.717, 1.165) is 18.4 Å². The first-order valence-corrected chi connectivity index (χ1v) is 12.2. The van der Waals surface area contributed by atoms with Gasteiger partial charge in [-0.05, 0) is 44.4 Å². The molecule has 2 aliphatic rings. The van der Waals surface area contributed by atoms with Crippen LogP contribution in [0.15, 0.2) is 59.1 Å². The van der Waals surface area contributed by atoms with Gasteiger partial charge in [0.15, 0.2) is 0 Å². The zero-order chi connectivity index (χ0) is 25.6. The number of carbonyl (C=O) groups excluding carboxylic acids is 1. The Morgan fingerprint density at radius 3 is 2.65 bits per heavy atom. The molecule has 1 aromatic carbocycles.